The molecule has 0 radical (unpaired) electrons. The van der Waals surface area contributed by atoms with Gasteiger partial charge in [0, 0.05) is 29.9 Å². The molecule has 5 atom stereocenters. The Morgan fingerprint density at radius 3 is 2.31 bits per heavy atom. The molecule has 1 aromatic rings. The third-order valence-corrected chi connectivity index (χ3v) is 5.20. The zero-order chi connectivity index (χ0) is 21.1. The lowest BCUT2D eigenvalue weighted by molar-refractivity contribution is -0.236. The van der Waals surface area contributed by atoms with Crippen LogP contribution in [0.15, 0.2) is 29.3 Å². The maximum absolute atomic E-state index is 11.7. The van der Waals surface area contributed by atoms with Crippen LogP contribution in [0.1, 0.15) is 26.3 Å². The summed E-state index contributed by atoms with van der Waals surface area (Å²) in [4.78, 5) is 39.1. The van der Waals surface area contributed by atoms with Crippen LogP contribution < -0.4 is 0 Å². The number of halogens is 1. The van der Waals surface area contributed by atoms with Crippen LogP contribution in [-0.2, 0) is 38.1 Å². The van der Waals surface area contributed by atoms with Gasteiger partial charge in [0.15, 0.2) is 24.5 Å². The molecule has 9 nitrogen and oxygen atoms in total. The van der Waals surface area contributed by atoms with Gasteiger partial charge in [0.1, 0.15) is 12.7 Å². The molecule has 0 N–H and O–H groups in total. The Kier molecular flexibility index (Phi) is 6.73. The fraction of sp³-hybridized carbons (Fsp3) is 0.474. The minimum absolute atomic E-state index is 0.192. The Morgan fingerprint density at radius 1 is 1.03 bits per heavy atom. The number of aliphatic imine (C=N–C) groups is 1. The van der Waals surface area contributed by atoms with E-state index in [1.54, 1.807) is 0 Å². The average molecular weight is 517 g/mol. The molecule has 0 unspecified atom stereocenters. The summed E-state index contributed by atoms with van der Waals surface area (Å²) in [5.74, 6) is -1.37. The van der Waals surface area contributed by atoms with Gasteiger partial charge in [-0.25, -0.2) is 4.99 Å². The Hall–Kier alpha value is -2.21. The largest absolute Gasteiger partial charge is 0.465 e. The molecule has 0 aliphatic carbocycles. The molecule has 0 spiro atoms. The lowest BCUT2D eigenvalue weighted by Gasteiger charge is -2.40. The molecule has 1 saturated heterocycles. The lowest BCUT2D eigenvalue weighted by atomic mass is 9.98. The average Bonchev–Trinajstić information content (AvgIpc) is 3.05. The van der Waals surface area contributed by atoms with E-state index in [9.17, 15) is 14.4 Å². The Balaban J connectivity index is 1.92. The van der Waals surface area contributed by atoms with Crippen LogP contribution >= 0.6 is 22.6 Å². The highest BCUT2D eigenvalue weighted by Gasteiger charge is 2.54. The van der Waals surface area contributed by atoms with Crippen LogP contribution in [0.3, 0.4) is 0 Å². The molecular formula is C19H20INO8. The molecule has 1 fully saturated rings. The molecule has 0 saturated carbocycles. The lowest BCUT2D eigenvalue weighted by Crippen LogP contribution is -2.60. The number of nitrogens with zero attached hydrogens (tertiary/aromatic N) is 1. The van der Waals surface area contributed by atoms with E-state index in [0.29, 0.717) is 5.90 Å². The quantitative estimate of drug-likeness (QED) is 0.329. The molecule has 29 heavy (non-hydrogen) atoms. The van der Waals surface area contributed by atoms with Gasteiger partial charge in [0.05, 0.1) is 0 Å². The molecule has 3 rings (SSSR count). The van der Waals surface area contributed by atoms with Gasteiger partial charge in [-0.3, -0.25) is 14.4 Å². The molecule has 2 heterocycles. The molecule has 10 heteroatoms. The van der Waals surface area contributed by atoms with Crippen molar-refractivity contribution in [3.8, 4) is 0 Å². The molecule has 2 aliphatic heterocycles. The van der Waals surface area contributed by atoms with Crippen LogP contribution in [-0.4, -0.2) is 61.1 Å². The number of esters is 3. The molecular weight excluding hydrogens is 497 g/mol. The molecule has 2 aliphatic rings. The van der Waals surface area contributed by atoms with Crippen molar-refractivity contribution in [1.82, 2.24) is 0 Å². The Morgan fingerprint density at radius 2 is 1.69 bits per heavy atom. The van der Waals surface area contributed by atoms with Crippen LogP contribution in [0, 0.1) is 3.57 Å². The maximum atomic E-state index is 11.7. The van der Waals surface area contributed by atoms with Crippen LogP contribution in [0.5, 0.6) is 0 Å². The van der Waals surface area contributed by atoms with E-state index in [2.05, 4.69) is 27.6 Å². The number of hydrogen-bond donors (Lipinski definition) is 0. The van der Waals surface area contributed by atoms with Crippen molar-refractivity contribution < 1.29 is 38.1 Å². The number of fused-ring (bicyclic) bond motifs is 1. The highest BCUT2D eigenvalue weighted by molar-refractivity contribution is 14.1. The Labute approximate surface area is 180 Å². The number of rotatable bonds is 5. The molecule has 0 bridgehead atoms. The van der Waals surface area contributed by atoms with Gasteiger partial charge >= 0.3 is 17.9 Å². The highest BCUT2D eigenvalue weighted by atomic mass is 127. The standard InChI is InChI=1S/C19H20INO8/c1-9(22)25-8-14-15(26-10(2)23)16(27-11(3)24)17-19(28-14)21-18(29-17)12-6-4-5-7-13(12)20/h4-7,14-17,19H,8H2,1-3H3/t14-,15-,16+,17-,19+/m1/s1. The smallest absolute Gasteiger partial charge is 0.303 e. The van der Waals surface area contributed by atoms with Gasteiger partial charge in [-0.05, 0) is 34.7 Å². The minimum Gasteiger partial charge on any atom is -0.465 e. The second kappa shape index (κ2) is 9.08. The van der Waals surface area contributed by atoms with Gasteiger partial charge in [-0.2, -0.15) is 0 Å². The summed E-state index contributed by atoms with van der Waals surface area (Å²) in [7, 11) is 0. The summed E-state index contributed by atoms with van der Waals surface area (Å²) in [5.41, 5.74) is 0.758. The SMILES string of the molecule is CC(=O)OC[C@H]1O[C@@H]2N=C(c3ccccc3I)O[C@@H]2[C@@H](OC(C)=O)[C@@H]1OC(C)=O. The summed E-state index contributed by atoms with van der Waals surface area (Å²) < 4.78 is 28.6. The number of carbonyl (C=O) groups excluding carboxylic acids is 3. The van der Waals surface area contributed by atoms with Crippen molar-refractivity contribution in [1.29, 1.82) is 0 Å². The van der Waals surface area contributed by atoms with Crippen molar-refractivity contribution in [3.63, 3.8) is 0 Å². The van der Waals surface area contributed by atoms with Crippen LogP contribution in [0.2, 0.25) is 0 Å². The van der Waals surface area contributed by atoms with Crippen molar-refractivity contribution >= 4 is 46.4 Å². The minimum atomic E-state index is -1.03. The first-order valence-electron chi connectivity index (χ1n) is 8.89. The third kappa shape index (κ3) is 5.04. The fourth-order valence-corrected chi connectivity index (χ4v) is 3.78. The fourth-order valence-electron chi connectivity index (χ4n) is 3.16. The van der Waals surface area contributed by atoms with Gasteiger partial charge in [0.2, 0.25) is 5.90 Å². The van der Waals surface area contributed by atoms with Crippen LogP contribution in [0.4, 0.5) is 0 Å². The van der Waals surface area contributed by atoms with E-state index in [1.165, 1.54) is 20.8 Å². The van der Waals surface area contributed by atoms with Gasteiger partial charge in [-0.1, -0.05) is 12.1 Å². The normalized spacial score (nSPS) is 27.9. The van der Waals surface area contributed by atoms with E-state index in [4.69, 9.17) is 23.7 Å². The predicted octanol–water partition coefficient (Wildman–Crippen LogP) is 1.59. The summed E-state index contributed by atoms with van der Waals surface area (Å²) in [5, 5.41) is 0. The Bertz CT molecular complexity index is 841. The van der Waals surface area contributed by atoms with Crippen molar-refractivity contribution in [2.45, 2.75) is 51.4 Å². The number of ether oxygens (including phenoxy) is 5. The van der Waals surface area contributed by atoms with Crippen molar-refractivity contribution in [3.05, 3.63) is 33.4 Å². The van der Waals surface area contributed by atoms with E-state index >= 15 is 0 Å². The molecule has 156 valence electrons. The summed E-state index contributed by atoms with van der Waals surface area (Å²) in [6, 6.07) is 7.48. The van der Waals surface area contributed by atoms with Crippen molar-refractivity contribution in [2.24, 2.45) is 4.99 Å². The zero-order valence-electron chi connectivity index (χ0n) is 16.0. The first kappa shape index (κ1) is 21.5. The van der Waals surface area contributed by atoms with Gasteiger partial charge < -0.3 is 23.7 Å². The first-order valence-corrected chi connectivity index (χ1v) is 9.96. The third-order valence-electron chi connectivity index (χ3n) is 4.26. The predicted molar refractivity (Wildman–Crippen MR) is 107 cm³/mol. The molecule has 0 aromatic heterocycles. The molecule has 1 aromatic carbocycles. The number of carbonyl (C=O) groups is 3. The maximum Gasteiger partial charge on any atom is 0.303 e. The monoisotopic (exact) mass is 517 g/mol. The number of hydrogen-bond acceptors (Lipinski definition) is 9. The summed E-state index contributed by atoms with van der Waals surface area (Å²) in [6.07, 6.45) is -4.53. The van der Waals surface area contributed by atoms with Crippen LogP contribution in [0.25, 0.3) is 0 Å². The molecule has 0 amide bonds. The topological polar surface area (TPSA) is 110 Å². The van der Waals surface area contributed by atoms with Gasteiger partial charge in [-0.15, -0.1) is 0 Å². The first-order chi connectivity index (χ1) is 13.8. The van der Waals surface area contributed by atoms with Crippen molar-refractivity contribution in [2.75, 3.05) is 6.61 Å². The second-order valence-electron chi connectivity index (χ2n) is 6.51. The zero-order valence-corrected chi connectivity index (χ0v) is 18.2. The van der Waals surface area contributed by atoms with E-state index in [-0.39, 0.29) is 6.61 Å². The summed E-state index contributed by atoms with van der Waals surface area (Å²) in [6.45, 7) is 3.53. The summed E-state index contributed by atoms with van der Waals surface area (Å²) >= 11 is 2.16. The second-order valence-corrected chi connectivity index (χ2v) is 7.67. The van der Waals surface area contributed by atoms with E-state index < -0.39 is 48.6 Å². The van der Waals surface area contributed by atoms with Gasteiger partial charge in [0.25, 0.3) is 0 Å². The highest BCUT2D eigenvalue weighted by Crippen LogP contribution is 2.34. The number of benzene rings is 1. The van der Waals surface area contributed by atoms with E-state index in [0.717, 1.165) is 9.13 Å². The van der Waals surface area contributed by atoms with E-state index in [1.807, 2.05) is 24.3 Å².